The Kier molecular flexibility index (Phi) is 4.22. The minimum Gasteiger partial charge on any atom is -0.310 e. The van der Waals surface area contributed by atoms with Gasteiger partial charge in [0.2, 0.25) is 0 Å². The third-order valence-corrected chi connectivity index (χ3v) is 4.72. The second-order valence-corrected chi connectivity index (χ2v) is 6.09. The van der Waals surface area contributed by atoms with E-state index in [4.69, 9.17) is 0 Å². The van der Waals surface area contributed by atoms with Gasteiger partial charge in [-0.2, -0.15) is 13.2 Å². The predicted octanol–water partition coefficient (Wildman–Crippen LogP) is 3.42. The van der Waals surface area contributed by atoms with Crippen LogP contribution in [0.15, 0.2) is 24.3 Å². The minimum absolute atomic E-state index is 0.299. The van der Waals surface area contributed by atoms with Gasteiger partial charge in [0, 0.05) is 18.6 Å². The van der Waals surface area contributed by atoms with Crippen molar-refractivity contribution < 1.29 is 13.2 Å². The SMILES string of the molecule is FC(F)(F)c1ccccc1CNC1CCN2CCCC2C1. The van der Waals surface area contributed by atoms with Crippen molar-refractivity contribution in [3.63, 3.8) is 0 Å². The number of piperidine rings is 1. The first-order valence-electron chi connectivity index (χ1n) is 7.66. The molecule has 0 aliphatic carbocycles. The van der Waals surface area contributed by atoms with E-state index in [0.717, 1.165) is 25.5 Å². The fourth-order valence-electron chi connectivity index (χ4n) is 3.62. The molecule has 1 aromatic rings. The predicted molar refractivity (Wildman–Crippen MR) is 75.9 cm³/mol. The summed E-state index contributed by atoms with van der Waals surface area (Å²) in [5.74, 6) is 0. The third-order valence-electron chi connectivity index (χ3n) is 4.72. The maximum absolute atomic E-state index is 13.0. The number of benzene rings is 1. The molecule has 2 fully saturated rings. The van der Waals surface area contributed by atoms with Crippen LogP contribution in [0.25, 0.3) is 0 Å². The number of alkyl halides is 3. The van der Waals surface area contributed by atoms with Gasteiger partial charge in [0.25, 0.3) is 0 Å². The van der Waals surface area contributed by atoms with Crippen molar-refractivity contribution in [2.45, 2.75) is 50.5 Å². The fourth-order valence-corrected chi connectivity index (χ4v) is 3.62. The van der Waals surface area contributed by atoms with Gasteiger partial charge in [0.05, 0.1) is 5.56 Å². The number of hydrogen-bond acceptors (Lipinski definition) is 2. The van der Waals surface area contributed by atoms with Crippen molar-refractivity contribution in [1.82, 2.24) is 10.2 Å². The molecule has 0 amide bonds. The molecule has 21 heavy (non-hydrogen) atoms. The van der Waals surface area contributed by atoms with Crippen molar-refractivity contribution in [2.75, 3.05) is 13.1 Å². The standard InChI is InChI=1S/C16H21F3N2/c17-16(18,19)15-6-2-1-4-12(15)11-20-13-7-9-21-8-3-5-14(21)10-13/h1-2,4,6,13-14,20H,3,5,7-11H2. The fraction of sp³-hybridized carbons (Fsp3) is 0.625. The average Bonchev–Trinajstić information content (AvgIpc) is 2.92. The molecule has 2 unspecified atom stereocenters. The van der Waals surface area contributed by atoms with Gasteiger partial charge in [0.1, 0.15) is 0 Å². The molecular weight excluding hydrogens is 277 g/mol. The van der Waals surface area contributed by atoms with Gasteiger partial charge >= 0.3 is 6.18 Å². The Morgan fingerprint density at radius 1 is 1.14 bits per heavy atom. The van der Waals surface area contributed by atoms with Gasteiger partial charge in [-0.05, 0) is 50.4 Å². The van der Waals surface area contributed by atoms with Gasteiger partial charge in [-0.25, -0.2) is 0 Å². The highest BCUT2D eigenvalue weighted by molar-refractivity contribution is 5.29. The summed E-state index contributed by atoms with van der Waals surface area (Å²) in [4.78, 5) is 2.52. The summed E-state index contributed by atoms with van der Waals surface area (Å²) < 4.78 is 38.9. The molecule has 0 saturated carbocycles. The summed E-state index contributed by atoms with van der Waals surface area (Å²) in [6, 6.07) is 6.83. The Bertz CT molecular complexity index is 487. The smallest absolute Gasteiger partial charge is 0.310 e. The summed E-state index contributed by atoms with van der Waals surface area (Å²) in [6.07, 6.45) is 0.317. The highest BCUT2D eigenvalue weighted by Crippen LogP contribution is 2.32. The lowest BCUT2D eigenvalue weighted by atomic mass is 9.97. The molecule has 116 valence electrons. The monoisotopic (exact) mass is 298 g/mol. The number of rotatable bonds is 3. The first kappa shape index (κ1) is 14.9. The van der Waals surface area contributed by atoms with Crippen LogP contribution in [0.2, 0.25) is 0 Å². The molecule has 0 radical (unpaired) electrons. The van der Waals surface area contributed by atoms with Crippen LogP contribution < -0.4 is 5.32 Å². The lowest BCUT2D eigenvalue weighted by Crippen LogP contribution is -2.45. The van der Waals surface area contributed by atoms with Crippen LogP contribution in [0.4, 0.5) is 13.2 Å². The van der Waals surface area contributed by atoms with Crippen LogP contribution in [0.5, 0.6) is 0 Å². The van der Waals surface area contributed by atoms with Gasteiger partial charge in [-0.15, -0.1) is 0 Å². The molecule has 2 heterocycles. The molecule has 2 aliphatic rings. The van der Waals surface area contributed by atoms with Crippen LogP contribution in [0, 0.1) is 0 Å². The van der Waals surface area contributed by atoms with Crippen molar-refractivity contribution >= 4 is 0 Å². The number of fused-ring (bicyclic) bond motifs is 1. The molecule has 5 heteroatoms. The maximum Gasteiger partial charge on any atom is 0.416 e. The second kappa shape index (κ2) is 5.97. The Morgan fingerprint density at radius 2 is 1.95 bits per heavy atom. The van der Waals surface area contributed by atoms with Crippen molar-refractivity contribution in [2.24, 2.45) is 0 Å². The van der Waals surface area contributed by atoms with E-state index in [1.807, 2.05) is 0 Å². The van der Waals surface area contributed by atoms with E-state index in [2.05, 4.69) is 10.2 Å². The molecule has 0 aromatic heterocycles. The zero-order valence-corrected chi connectivity index (χ0v) is 12.0. The number of halogens is 3. The Hall–Kier alpha value is -1.07. The lowest BCUT2D eigenvalue weighted by molar-refractivity contribution is -0.138. The van der Waals surface area contributed by atoms with Gasteiger partial charge in [0.15, 0.2) is 0 Å². The van der Waals surface area contributed by atoms with Gasteiger partial charge in [-0.3, -0.25) is 0 Å². The van der Waals surface area contributed by atoms with E-state index in [1.165, 1.54) is 25.5 Å². The quantitative estimate of drug-likeness (QED) is 0.920. The van der Waals surface area contributed by atoms with E-state index < -0.39 is 11.7 Å². The number of hydrogen-bond donors (Lipinski definition) is 1. The summed E-state index contributed by atoms with van der Waals surface area (Å²) in [7, 11) is 0. The van der Waals surface area contributed by atoms with E-state index in [-0.39, 0.29) is 0 Å². The van der Waals surface area contributed by atoms with Crippen LogP contribution >= 0.6 is 0 Å². The normalized spacial score (nSPS) is 26.8. The Balaban J connectivity index is 1.61. The third kappa shape index (κ3) is 3.40. The van der Waals surface area contributed by atoms with Crippen LogP contribution in [0.1, 0.15) is 36.8 Å². The summed E-state index contributed by atoms with van der Waals surface area (Å²) in [5, 5.41) is 3.34. The molecule has 2 nitrogen and oxygen atoms in total. The first-order chi connectivity index (χ1) is 10.0. The van der Waals surface area contributed by atoms with E-state index in [1.54, 1.807) is 12.1 Å². The summed E-state index contributed by atoms with van der Waals surface area (Å²) in [5.41, 5.74) is -0.172. The lowest BCUT2D eigenvalue weighted by Gasteiger charge is -2.35. The Morgan fingerprint density at radius 3 is 2.76 bits per heavy atom. The molecule has 0 bridgehead atoms. The zero-order valence-electron chi connectivity index (χ0n) is 12.0. The highest BCUT2D eigenvalue weighted by atomic mass is 19.4. The first-order valence-corrected chi connectivity index (χ1v) is 7.66. The Labute approximate surface area is 123 Å². The van der Waals surface area contributed by atoms with E-state index in [9.17, 15) is 13.2 Å². The molecule has 2 saturated heterocycles. The molecule has 2 aliphatic heterocycles. The molecular formula is C16H21F3N2. The van der Waals surface area contributed by atoms with Crippen molar-refractivity contribution in [3.8, 4) is 0 Å². The average molecular weight is 298 g/mol. The number of nitrogens with one attached hydrogen (secondary N) is 1. The topological polar surface area (TPSA) is 15.3 Å². The molecule has 1 aromatic carbocycles. The highest BCUT2D eigenvalue weighted by Gasteiger charge is 2.34. The summed E-state index contributed by atoms with van der Waals surface area (Å²) in [6.45, 7) is 2.56. The van der Waals surface area contributed by atoms with E-state index >= 15 is 0 Å². The van der Waals surface area contributed by atoms with Crippen molar-refractivity contribution in [1.29, 1.82) is 0 Å². The number of nitrogens with zero attached hydrogens (tertiary/aromatic N) is 1. The van der Waals surface area contributed by atoms with E-state index in [0.29, 0.717) is 24.2 Å². The second-order valence-electron chi connectivity index (χ2n) is 6.09. The zero-order chi connectivity index (χ0) is 14.9. The maximum atomic E-state index is 13.0. The van der Waals surface area contributed by atoms with Crippen LogP contribution in [-0.2, 0) is 12.7 Å². The largest absolute Gasteiger partial charge is 0.416 e. The van der Waals surface area contributed by atoms with Crippen LogP contribution in [0.3, 0.4) is 0 Å². The molecule has 3 rings (SSSR count). The summed E-state index contributed by atoms with van der Waals surface area (Å²) >= 11 is 0. The molecule has 0 spiro atoms. The van der Waals surface area contributed by atoms with Gasteiger partial charge in [-0.1, -0.05) is 18.2 Å². The van der Waals surface area contributed by atoms with Crippen LogP contribution in [-0.4, -0.2) is 30.1 Å². The van der Waals surface area contributed by atoms with Crippen molar-refractivity contribution in [3.05, 3.63) is 35.4 Å². The molecule has 1 N–H and O–H groups in total. The van der Waals surface area contributed by atoms with Gasteiger partial charge < -0.3 is 10.2 Å². The minimum atomic E-state index is -4.27. The molecule has 2 atom stereocenters.